The number of anilines is 1. The van der Waals surface area contributed by atoms with Crippen LogP contribution in [0.25, 0.3) is 0 Å². The first-order valence-corrected chi connectivity index (χ1v) is 10.2. The van der Waals surface area contributed by atoms with E-state index in [9.17, 15) is 4.79 Å². The molecular weight excluding hydrogens is 521 g/mol. The molecule has 0 saturated heterocycles. The molecule has 6 nitrogen and oxygen atoms in total. The molecule has 0 aliphatic carbocycles. The fourth-order valence-electron chi connectivity index (χ4n) is 2.52. The van der Waals surface area contributed by atoms with Crippen LogP contribution in [-0.2, 0) is 17.9 Å². The van der Waals surface area contributed by atoms with Gasteiger partial charge < -0.3 is 5.32 Å². The van der Waals surface area contributed by atoms with Gasteiger partial charge in [-0.25, -0.2) is 0 Å². The van der Waals surface area contributed by atoms with Gasteiger partial charge in [-0.15, -0.1) is 0 Å². The zero-order valence-electron chi connectivity index (χ0n) is 14.4. The number of halogens is 4. The van der Waals surface area contributed by atoms with E-state index in [1.54, 1.807) is 27.7 Å². The van der Waals surface area contributed by atoms with Crippen molar-refractivity contribution < 1.29 is 4.79 Å². The molecule has 0 aliphatic heterocycles. The zero-order chi connectivity index (χ0) is 19.7. The summed E-state index contributed by atoms with van der Waals surface area (Å²) in [5.74, 6) is 0.217. The summed E-state index contributed by atoms with van der Waals surface area (Å²) in [5.41, 5.74) is 2.61. The van der Waals surface area contributed by atoms with Crippen LogP contribution >= 0.6 is 55.1 Å². The summed E-state index contributed by atoms with van der Waals surface area (Å²) in [6.07, 6.45) is 1.78. The molecule has 0 aliphatic rings. The zero-order valence-corrected chi connectivity index (χ0v) is 19.1. The highest BCUT2D eigenvalue weighted by Crippen LogP contribution is 2.25. The molecule has 10 heteroatoms. The lowest BCUT2D eigenvalue weighted by atomic mass is 10.2. The molecule has 1 N–H and O–H groups in total. The average Bonchev–Trinajstić information content (AvgIpc) is 3.05. The number of hydrogen-bond donors (Lipinski definition) is 1. The number of nitrogens with zero attached hydrogens (tertiary/aromatic N) is 4. The van der Waals surface area contributed by atoms with Crippen LogP contribution in [-0.4, -0.2) is 25.5 Å². The highest BCUT2D eigenvalue weighted by Gasteiger charge is 2.15. The van der Waals surface area contributed by atoms with Crippen LogP contribution in [0.1, 0.15) is 17.0 Å². The van der Waals surface area contributed by atoms with E-state index in [0.29, 0.717) is 26.9 Å². The highest BCUT2D eigenvalue weighted by atomic mass is 79.9. The second-order valence-corrected chi connectivity index (χ2v) is 8.44. The first-order valence-electron chi connectivity index (χ1n) is 7.91. The SMILES string of the molecule is Cc1nn(CC(=O)Nc2nn(Cc3ccc(Cl)cc3Cl)cc2Br)c(C)c1Br. The van der Waals surface area contributed by atoms with Crippen LogP contribution in [0.5, 0.6) is 0 Å². The molecule has 3 aromatic rings. The monoisotopic (exact) mass is 533 g/mol. The number of aromatic nitrogens is 4. The van der Waals surface area contributed by atoms with Gasteiger partial charge in [-0.1, -0.05) is 29.3 Å². The topological polar surface area (TPSA) is 64.7 Å². The lowest BCUT2D eigenvalue weighted by Crippen LogP contribution is -2.21. The van der Waals surface area contributed by atoms with Crippen LogP contribution in [0.15, 0.2) is 33.3 Å². The summed E-state index contributed by atoms with van der Waals surface area (Å²) >= 11 is 19.0. The Morgan fingerprint density at radius 3 is 2.59 bits per heavy atom. The number of hydrogen-bond acceptors (Lipinski definition) is 3. The summed E-state index contributed by atoms with van der Waals surface area (Å²) in [7, 11) is 0. The maximum atomic E-state index is 12.4. The Bertz CT molecular complexity index is 1020. The number of carbonyl (C=O) groups excluding carboxylic acids is 1. The average molecular weight is 536 g/mol. The molecule has 0 unspecified atom stereocenters. The van der Waals surface area contributed by atoms with Crippen molar-refractivity contribution in [3.05, 3.63) is 60.3 Å². The molecule has 0 spiro atoms. The Labute approximate surface area is 183 Å². The van der Waals surface area contributed by atoms with Gasteiger partial charge in [-0.2, -0.15) is 10.2 Å². The summed E-state index contributed by atoms with van der Waals surface area (Å²) in [6, 6.07) is 5.31. The first kappa shape index (κ1) is 20.4. The lowest BCUT2D eigenvalue weighted by molar-refractivity contribution is -0.117. The second kappa shape index (κ2) is 8.34. The van der Waals surface area contributed by atoms with Crippen LogP contribution < -0.4 is 5.32 Å². The van der Waals surface area contributed by atoms with E-state index >= 15 is 0 Å². The van der Waals surface area contributed by atoms with E-state index in [-0.39, 0.29) is 12.5 Å². The van der Waals surface area contributed by atoms with Gasteiger partial charge in [0.2, 0.25) is 5.91 Å². The van der Waals surface area contributed by atoms with Crippen molar-refractivity contribution in [3.8, 4) is 0 Å². The van der Waals surface area contributed by atoms with E-state index in [4.69, 9.17) is 23.2 Å². The van der Waals surface area contributed by atoms with Crippen LogP contribution in [0.3, 0.4) is 0 Å². The molecule has 3 rings (SSSR count). The molecule has 142 valence electrons. The quantitative estimate of drug-likeness (QED) is 0.487. The Morgan fingerprint density at radius 1 is 1.22 bits per heavy atom. The smallest absolute Gasteiger partial charge is 0.247 e. The molecule has 2 heterocycles. The molecule has 0 fully saturated rings. The van der Waals surface area contributed by atoms with Gasteiger partial charge >= 0.3 is 0 Å². The number of rotatable bonds is 5. The van der Waals surface area contributed by atoms with Gasteiger partial charge in [0, 0.05) is 16.2 Å². The highest BCUT2D eigenvalue weighted by molar-refractivity contribution is 9.11. The lowest BCUT2D eigenvalue weighted by Gasteiger charge is -2.06. The molecule has 0 saturated carbocycles. The minimum absolute atomic E-state index is 0.0978. The molecule has 2 aromatic heterocycles. The normalized spacial score (nSPS) is 11.0. The summed E-state index contributed by atoms with van der Waals surface area (Å²) in [5, 5.41) is 12.7. The van der Waals surface area contributed by atoms with Crippen LogP contribution in [0, 0.1) is 13.8 Å². The van der Waals surface area contributed by atoms with Gasteiger partial charge in [0.25, 0.3) is 0 Å². The molecular formula is C17H15Br2Cl2N5O. The predicted octanol–water partition coefficient (Wildman–Crippen LogP) is 5.22. The Hall–Kier alpha value is -1.35. The van der Waals surface area contributed by atoms with Crippen molar-refractivity contribution in [2.24, 2.45) is 0 Å². The van der Waals surface area contributed by atoms with Crippen LogP contribution in [0.4, 0.5) is 5.82 Å². The van der Waals surface area contributed by atoms with E-state index in [0.717, 1.165) is 21.4 Å². The van der Waals surface area contributed by atoms with Gasteiger partial charge in [0.15, 0.2) is 5.82 Å². The van der Waals surface area contributed by atoms with Crippen molar-refractivity contribution in [1.82, 2.24) is 19.6 Å². The third-order valence-electron chi connectivity index (χ3n) is 3.91. The number of aryl methyl sites for hydroxylation is 1. The van der Waals surface area contributed by atoms with Crippen molar-refractivity contribution >= 4 is 66.8 Å². The van der Waals surface area contributed by atoms with Gasteiger partial charge in [0.1, 0.15) is 6.54 Å². The maximum absolute atomic E-state index is 12.4. The molecule has 1 amide bonds. The van der Waals surface area contributed by atoms with E-state index in [1.807, 2.05) is 19.9 Å². The first-order chi connectivity index (χ1) is 12.7. The Kier molecular flexibility index (Phi) is 6.30. The van der Waals surface area contributed by atoms with Crippen molar-refractivity contribution in [2.75, 3.05) is 5.32 Å². The number of benzene rings is 1. The van der Waals surface area contributed by atoms with E-state index in [1.165, 1.54) is 0 Å². The standard InChI is InChI=1S/C17H15Br2Cl2N5O/c1-9-16(19)10(2)26(23-9)8-15(27)22-17-13(18)7-25(24-17)6-11-3-4-12(20)5-14(11)21/h3-5,7H,6,8H2,1-2H3,(H,22,24,27). The largest absolute Gasteiger partial charge is 0.307 e. The summed E-state index contributed by atoms with van der Waals surface area (Å²) in [4.78, 5) is 12.4. The fraction of sp³-hybridized carbons (Fsp3) is 0.235. The number of amides is 1. The third kappa shape index (κ3) is 4.74. The van der Waals surface area contributed by atoms with E-state index in [2.05, 4.69) is 47.4 Å². The molecule has 0 atom stereocenters. The summed E-state index contributed by atoms with van der Waals surface area (Å²) in [6.45, 7) is 4.33. The number of nitrogens with one attached hydrogen (secondary N) is 1. The Morgan fingerprint density at radius 2 is 1.96 bits per heavy atom. The van der Waals surface area contributed by atoms with Gasteiger partial charge in [-0.05, 0) is 63.4 Å². The van der Waals surface area contributed by atoms with Crippen molar-refractivity contribution in [2.45, 2.75) is 26.9 Å². The summed E-state index contributed by atoms with van der Waals surface area (Å²) < 4.78 is 4.91. The second-order valence-electron chi connectivity index (χ2n) is 5.95. The Balaban J connectivity index is 1.70. The maximum Gasteiger partial charge on any atom is 0.247 e. The molecule has 1 aromatic carbocycles. The van der Waals surface area contributed by atoms with Gasteiger partial charge in [0.05, 0.1) is 26.9 Å². The molecule has 27 heavy (non-hydrogen) atoms. The van der Waals surface area contributed by atoms with Crippen LogP contribution in [0.2, 0.25) is 10.0 Å². The third-order valence-corrected chi connectivity index (χ3v) is 6.22. The van der Waals surface area contributed by atoms with E-state index < -0.39 is 0 Å². The minimum Gasteiger partial charge on any atom is -0.307 e. The fourth-order valence-corrected chi connectivity index (χ4v) is 3.69. The predicted molar refractivity (Wildman–Crippen MR) is 114 cm³/mol. The number of carbonyl (C=O) groups is 1. The molecule has 0 radical (unpaired) electrons. The van der Waals surface area contributed by atoms with Crippen molar-refractivity contribution in [3.63, 3.8) is 0 Å². The molecule has 0 bridgehead atoms. The minimum atomic E-state index is -0.219. The van der Waals surface area contributed by atoms with Crippen molar-refractivity contribution in [1.29, 1.82) is 0 Å². The van der Waals surface area contributed by atoms with Gasteiger partial charge in [-0.3, -0.25) is 14.2 Å².